The van der Waals surface area contributed by atoms with Crippen LogP contribution in [0.1, 0.15) is 0 Å². The molecule has 3 aromatic rings. The predicted molar refractivity (Wildman–Crippen MR) is 61.4 cm³/mol. The quantitative estimate of drug-likeness (QED) is 0.397. The van der Waals surface area contributed by atoms with Crippen molar-refractivity contribution in [1.29, 1.82) is 0 Å². The molecule has 0 aliphatic heterocycles. The Kier molecular flexibility index (Phi) is 1.87. The van der Waals surface area contributed by atoms with Crippen molar-refractivity contribution in [2.24, 2.45) is 0 Å². The van der Waals surface area contributed by atoms with E-state index >= 15 is 0 Å². The normalized spacial score (nSPS) is 11.0. The summed E-state index contributed by atoms with van der Waals surface area (Å²) in [4.78, 5) is 0.744. The third-order valence-corrected chi connectivity index (χ3v) is 3.33. The van der Waals surface area contributed by atoms with Crippen LogP contribution in [-0.4, -0.2) is 9.94 Å². The van der Waals surface area contributed by atoms with Gasteiger partial charge in [0.1, 0.15) is 4.88 Å². The Morgan fingerprint density at radius 2 is 2.00 bits per heavy atom. The Hall–Kier alpha value is -2.01. The van der Waals surface area contributed by atoms with Gasteiger partial charge in [-0.25, -0.2) is 4.73 Å². The van der Waals surface area contributed by atoms with Crippen molar-refractivity contribution in [2.75, 3.05) is 0 Å². The summed E-state index contributed by atoms with van der Waals surface area (Å²) >= 11 is 1.42. The highest BCUT2D eigenvalue weighted by atomic mass is 32.1. The van der Waals surface area contributed by atoms with E-state index in [0.29, 0.717) is 11.0 Å². The minimum atomic E-state index is 0.260. The summed E-state index contributed by atoms with van der Waals surface area (Å²) in [6.07, 6.45) is 0. The van der Waals surface area contributed by atoms with Gasteiger partial charge in [-0.05, 0) is 28.3 Å². The van der Waals surface area contributed by atoms with Crippen molar-refractivity contribution in [2.45, 2.75) is 0 Å². The van der Waals surface area contributed by atoms with Crippen LogP contribution in [-0.2, 0) is 0 Å². The van der Waals surface area contributed by atoms with Gasteiger partial charge in [-0.15, -0.1) is 11.3 Å². The SMILES string of the molecule is [O-][n+]1c(-c2cccs2)n(O)c2ccccc21. The minimum absolute atomic E-state index is 0.260. The first-order valence-electron chi connectivity index (χ1n) is 4.75. The summed E-state index contributed by atoms with van der Waals surface area (Å²) in [6, 6.07) is 10.6. The molecular weight excluding hydrogens is 224 g/mol. The lowest BCUT2D eigenvalue weighted by atomic mass is 10.3. The van der Waals surface area contributed by atoms with E-state index in [4.69, 9.17) is 0 Å². The molecule has 1 aromatic carbocycles. The fourth-order valence-corrected chi connectivity index (χ4v) is 2.48. The van der Waals surface area contributed by atoms with Gasteiger partial charge in [-0.1, -0.05) is 18.2 Å². The van der Waals surface area contributed by atoms with E-state index in [1.165, 1.54) is 11.3 Å². The lowest BCUT2D eigenvalue weighted by Crippen LogP contribution is -2.27. The number of nitrogens with zero attached hydrogens (tertiary/aromatic N) is 2. The van der Waals surface area contributed by atoms with Gasteiger partial charge in [0.05, 0.1) is 0 Å². The second-order valence-electron chi connectivity index (χ2n) is 3.40. The van der Waals surface area contributed by atoms with E-state index in [1.54, 1.807) is 30.3 Å². The predicted octanol–water partition coefficient (Wildman–Crippen LogP) is 2.24. The summed E-state index contributed by atoms with van der Waals surface area (Å²) < 4.78 is 1.69. The molecular formula is C11H8N2O2S. The van der Waals surface area contributed by atoms with Gasteiger partial charge >= 0.3 is 5.82 Å². The molecule has 0 aliphatic rings. The van der Waals surface area contributed by atoms with Crippen LogP contribution >= 0.6 is 11.3 Å². The average molecular weight is 232 g/mol. The van der Waals surface area contributed by atoms with Gasteiger partial charge in [-0.3, -0.25) is 0 Å². The lowest BCUT2D eigenvalue weighted by molar-refractivity contribution is -0.567. The number of thiophene rings is 1. The Bertz CT molecular complexity index is 604. The molecule has 0 amide bonds. The van der Waals surface area contributed by atoms with Gasteiger partial charge in [0.15, 0.2) is 5.52 Å². The molecule has 80 valence electrons. The second kappa shape index (κ2) is 3.24. The maximum atomic E-state index is 12.0. The van der Waals surface area contributed by atoms with Crippen LogP contribution in [0.25, 0.3) is 21.7 Å². The molecule has 0 aliphatic carbocycles. The zero-order valence-electron chi connectivity index (χ0n) is 8.20. The Labute approximate surface area is 95.2 Å². The molecule has 0 saturated heterocycles. The van der Waals surface area contributed by atoms with Crippen molar-refractivity contribution < 1.29 is 9.94 Å². The largest absolute Gasteiger partial charge is 0.710 e. The number of hydrogen-bond acceptors (Lipinski definition) is 3. The molecule has 2 heterocycles. The summed E-state index contributed by atoms with van der Waals surface area (Å²) in [7, 11) is 0. The fraction of sp³-hybridized carbons (Fsp3) is 0. The lowest BCUT2D eigenvalue weighted by Gasteiger charge is -2.00. The van der Waals surface area contributed by atoms with E-state index in [9.17, 15) is 10.4 Å². The van der Waals surface area contributed by atoms with E-state index < -0.39 is 0 Å². The molecule has 0 spiro atoms. The first kappa shape index (κ1) is 9.23. The smallest absolute Gasteiger partial charge is 0.342 e. The molecule has 1 N–H and O–H groups in total. The maximum absolute atomic E-state index is 12.0. The standard InChI is InChI=1S/C11H8N2O2S/c14-12-8-4-1-2-5-9(8)13(15)11(12)10-6-3-7-16-10/h1-7,14H. The molecule has 2 aromatic heterocycles. The summed E-state index contributed by atoms with van der Waals surface area (Å²) in [5, 5.41) is 23.8. The van der Waals surface area contributed by atoms with E-state index in [1.807, 2.05) is 11.4 Å². The molecule has 0 fully saturated rings. The van der Waals surface area contributed by atoms with Crippen LogP contribution in [0, 0.1) is 5.21 Å². The van der Waals surface area contributed by atoms with Crippen LogP contribution in [0.5, 0.6) is 0 Å². The molecule has 0 saturated carbocycles. The summed E-state index contributed by atoms with van der Waals surface area (Å²) in [6.45, 7) is 0. The van der Waals surface area contributed by atoms with Crippen molar-refractivity contribution >= 4 is 22.4 Å². The highest BCUT2D eigenvalue weighted by molar-refractivity contribution is 7.13. The highest BCUT2D eigenvalue weighted by Crippen LogP contribution is 2.25. The van der Waals surface area contributed by atoms with Crippen LogP contribution in [0.4, 0.5) is 0 Å². The zero-order valence-corrected chi connectivity index (χ0v) is 9.02. The van der Waals surface area contributed by atoms with Crippen molar-refractivity contribution in [1.82, 2.24) is 4.73 Å². The Morgan fingerprint density at radius 3 is 2.69 bits per heavy atom. The second-order valence-corrected chi connectivity index (χ2v) is 4.34. The Morgan fingerprint density at radius 1 is 1.19 bits per heavy atom. The topological polar surface area (TPSA) is 52.1 Å². The van der Waals surface area contributed by atoms with E-state index in [0.717, 1.165) is 14.3 Å². The van der Waals surface area contributed by atoms with Crippen molar-refractivity contribution in [3.8, 4) is 10.7 Å². The van der Waals surface area contributed by atoms with Crippen molar-refractivity contribution in [3.05, 3.63) is 47.0 Å². The minimum Gasteiger partial charge on any atom is -0.710 e. The Balaban J connectivity index is 2.42. The highest BCUT2D eigenvalue weighted by Gasteiger charge is 2.23. The van der Waals surface area contributed by atoms with E-state index in [-0.39, 0.29) is 5.82 Å². The molecule has 5 heteroatoms. The maximum Gasteiger partial charge on any atom is 0.342 e. The van der Waals surface area contributed by atoms with Gasteiger partial charge in [-0.2, -0.15) is 0 Å². The van der Waals surface area contributed by atoms with E-state index in [2.05, 4.69) is 0 Å². The first-order valence-corrected chi connectivity index (χ1v) is 5.63. The van der Waals surface area contributed by atoms with Crippen LogP contribution in [0.2, 0.25) is 0 Å². The number of benzene rings is 1. The molecule has 0 unspecified atom stereocenters. The van der Waals surface area contributed by atoms with Crippen LogP contribution in [0.3, 0.4) is 0 Å². The third kappa shape index (κ3) is 1.12. The van der Waals surface area contributed by atoms with Crippen molar-refractivity contribution in [3.63, 3.8) is 0 Å². The zero-order chi connectivity index (χ0) is 11.1. The summed E-state index contributed by atoms with van der Waals surface area (Å²) in [5.41, 5.74) is 0.981. The van der Waals surface area contributed by atoms with Crippen LogP contribution in [0.15, 0.2) is 41.8 Å². The number of rotatable bonds is 1. The molecule has 3 rings (SSSR count). The summed E-state index contributed by atoms with van der Waals surface area (Å²) in [5.74, 6) is 0.260. The van der Waals surface area contributed by atoms with Crippen LogP contribution < -0.4 is 4.73 Å². The molecule has 0 atom stereocenters. The number of aromatic nitrogens is 2. The van der Waals surface area contributed by atoms with Gasteiger partial charge in [0.2, 0.25) is 5.52 Å². The monoisotopic (exact) mass is 232 g/mol. The molecule has 0 bridgehead atoms. The third-order valence-electron chi connectivity index (χ3n) is 2.46. The molecule has 0 radical (unpaired) electrons. The number of fused-ring (bicyclic) bond motifs is 1. The molecule has 16 heavy (non-hydrogen) atoms. The number of para-hydroxylation sites is 2. The van der Waals surface area contributed by atoms with Gasteiger partial charge in [0.25, 0.3) is 0 Å². The van der Waals surface area contributed by atoms with Gasteiger partial charge < -0.3 is 10.4 Å². The fourth-order valence-electron chi connectivity index (χ4n) is 1.74. The number of hydrogen-bond donors (Lipinski definition) is 1. The van der Waals surface area contributed by atoms with Gasteiger partial charge in [0, 0.05) is 0 Å². The molecule has 4 nitrogen and oxygen atoms in total. The first-order chi connectivity index (χ1) is 7.79. The average Bonchev–Trinajstić information content (AvgIpc) is 2.89. The number of imidazole rings is 1.